The second kappa shape index (κ2) is 10.2. The van der Waals surface area contributed by atoms with Crippen LogP contribution in [0.4, 0.5) is 11.8 Å². The lowest BCUT2D eigenvalue weighted by Crippen LogP contribution is -2.29. The molecule has 1 fully saturated rings. The van der Waals surface area contributed by atoms with Crippen molar-refractivity contribution in [3.8, 4) is 5.75 Å². The molecular formula is C22H28N10O5. The van der Waals surface area contributed by atoms with Crippen LogP contribution < -0.4 is 15.8 Å². The monoisotopic (exact) mass is 512 g/mol. The number of hydrogen-bond donors (Lipinski definition) is 5. The molecule has 0 unspecified atom stereocenters. The topological polar surface area (TPSA) is 204 Å². The lowest BCUT2D eigenvalue weighted by Gasteiger charge is -2.18. The number of anilines is 2. The first kappa shape index (κ1) is 24.8. The van der Waals surface area contributed by atoms with Crippen LogP contribution in [0.25, 0.3) is 11.2 Å². The van der Waals surface area contributed by atoms with Gasteiger partial charge >= 0.3 is 0 Å². The van der Waals surface area contributed by atoms with Gasteiger partial charge in [-0.2, -0.15) is 14.8 Å². The minimum absolute atomic E-state index is 0.101. The van der Waals surface area contributed by atoms with E-state index in [1.54, 1.807) is 7.11 Å². The van der Waals surface area contributed by atoms with Crippen molar-refractivity contribution in [1.82, 2.24) is 39.7 Å². The fourth-order valence-electron chi connectivity index (χ4n) is 4.19. The number of aliphatic hydroxyl groups is 3. The summed E-state index contributed by atoms with van der Waals surface area (Å²) in [5.41, 5.74) is 7.69. The van der Waals surface area contributed by atoms with Crippen LogP contribution >= 0.6 is 0 Å². The van der Waals surface area contributed by atoms with Crippen molar-refractivity contribution in [3.05, 3.63) is 42.0 Å². The molecule has 6 N–H and O–H groups in total. The van der Waals surface area contributed by atoms with E-state index < -0.39 is 30.6 Å². The van der Waals surface area contributed by atoms with Crippen LogP contribution in [0.2, 0.25) is 0 Å². The molecule has 196 valence electrons. The van der Waals surface area contributed by atoms with Gasteiger partial charge in [-0.3, -0.25) is 4.57 Å². The maximum absolute atomic E-state index is 10.8. The average molecular weight is 513 g/mol. The highest BCUT2D eigenvalue weighted by atomic mass is 16.6. The molecule has 0 spiro atoms. The van der Waals surface area contributed by atoms with Gasteiger partial charge in [0.05, 0.1) is 32.6 Å². The first-order chi connectivity index (χ1) is 17.9. The van der Waals surface area contributed by atoms with Crippen molar-refractivity contribution in [2.45, 2.75) is 50.5 Å². The number of ether oxygens (including phenoxy) is 2. The van der Waals surface area contributed by atoms with Crippen molar-refractivity contribution in [2.75, 3.05) is 24.8 Å². The molecule has 5 rings (SSSR count). The molecule has 15 nitrogen and oxygen atoms in total. The van der Waals surface area contributed by atoms with Crippen molar-refractivity contribution in [2.24, 2.45) is 0 Å². The third kappa shape index (κ3) is 4.76. The molecule has 0 saturated carbocycles. The number of imidazole rings is 1. The van der Waals surface area contributed by atoms with E-state index in [-0.39, 0.29) is 29.8 Å². The van der Waals surface area contributed by atoms with E-state index in [1.807, 2.05) is 31.2 Å². The first-order valence-electron chi connectivity index (χ1n) is 11.7. The summed E-state index contributed by atoms with van der Waals surface area (Å²) in [5, 5.41) is 46.4. The van der Waals surface area contributed by atoms with Gasteiger partial charge in [-0.25, -0.2) is 4.98 Å². The number of rotatable bonds is 9. The Labute approximate surface area is 210 Å². The minimum Gasteiger partial charge on any atom is -0.497 e. The van der Waals surface area contributed by atoms with Crippen LogP contribution in [0.3, 0.4) is 0 Å². The zero-order valence-corrected chi connectivity index (χ0v) is 20.2. The molecule has 4 aromatic rings. The molecule has 4 heterocycles. The number of nitrogens with two attached hydrogens (primary N) is 1. The Morgan fingerprint density at radius 1 is 1.19 bits per heavy atom. The SMILES string of the molecule is CCn1nnc([C@H]2O[C@@H](n3cnc4c(N)nc(N[C@H](CO)Cc5ccc(OC)cc5)nc43)[C@H](O)[C@@H]2O)n1. The van der Waals surface area contributed by atoms with Gasteiger partial charge in [-0.05, 0) is 36.3 Å². The van der Waals surface area contributed by atoms with E-state index in [2.05, 4.69) is 35.7 Å². The Morgan fingerprint density at radius 3 is 2.65 bits per heavy atom. The van der Waals surface area contributed by atoms with Crippen molar-refractivity contribution >= 4 is 22.9 Å². The summed E-state index contributed by atoms with van der Waals surface area (Å²) in [5.74, 6) is 1.16. The van der Waals surface area contributed by atoms with E-state index in [1.165, 1.54) is 15.7 Å². The number of aromatic nitrogens is 8. The van der Waals surface area contributed by atoms with Crippen LogP contribution in [0, 0.1) is 0 Å². The number of hydrogen-bond acceptors (Lipinski definition) is 13. The van der Waals surface area contributed by atoms with E-state index in [0.29, 0.717) is 18.5 Å². The number of tetrazole rings is 1. The van der Waals surface area contributed by atoms with Gasteiger partial charge in [0.2, 0.25) is 11.8 Å². The number of nitrogen functional groups attached to an aromatic ring is 1. The molecule has 37 heavy (non-hydrogen) atoms. The van der Waals surface area contributed by atoms with E-state index in [0.717, 1.165) is 11.3 Å². The third-order valence-corrected chi connectivity index (χ3v) is 6.16. The summed E-state index contributed by atoms with van der Waals surface area (Å²) in [6, 6.07) is 7.09. The molecular weight excluding hydrogens is 484 g/mol. The van der Waals surface area contributed by atoms with Crippen LogP contribution in [-0.2, 0) is 17.7 Å². The van der Waals surface area contributed by atoms with E-state index >= 15 is 0 Å². The smallest absolute Gasteiger partial charge is 0.227 e. The van der Waals surface area contributed by atoms with Gasteiger partial charge in [0.25, 0.3) is 0 Å². The standard InChI is InChI=1S/C22H28N10O5/c1-3-32-29-19(28-30-32)17-15(34)16(35)21(37-17)31-10-24-14-18(23)26-22(27-20(14)31)25-12(9-33)8-11-4-6-13(36-2)7-5-11/h4-7,10,12,15-17,21,33-35H,3,8-9H2,1-2H3,(H3,23,25,26,27)/t12-,15-,16+,17-,21+/m0/s1. The summed E-state index contributed by atoms with van der Waals surface area (Å²) in [7, 11) is 1.60. The zero-order chi connectivity index (χ0) is 26.1. The molecule has 5 atom stereocenters. The molecule has 0 amide bonds. The maximum atomic E-state index is 10.8. The van der Waals surface area contributed by atoms with E-state index in [4.69, 9.17) is 15.2 Å². The molecule has 3 aromatic heterocycles. The van der Waals surface area contributed by atoms with Gasteiger partial charge in [0, 0.05) is 0 Å². The summed E-state index contributed by atoms with van der Waals surface area (Å²) in [6.07, 6.45) is -2.79. The Bertz CT molecular complexity index is 1360. The molecule has 0 bridgehead atoms. The normalized spacial score (nSPS) is 22.4. The quantitative estimate of drug-likeness (QED) is 0.191. The number of nitrogens with zero attached hydrogens (tertiary/aromatic N) is 8. The largest absolute Gasteiger partial charge is 0.497 e. The minimum atomic E-state index is -1.33. The lowest BCUT2D eigenvalue weighted by atomic mass is 10.1. The zero-order valence-electron chi connectivity index (χ0n) is 20.2. The van der Waals surface area contributed by atoms with Gasteiger partial charge in [0.1, 0.15) is 23.5 Å². The molecule has 15 heteroatoms. The number of aliphatic hydroxyl groups excluding tert-OH is 3. The van der Waals surface area contributed by atoms with Gasteiger partial charge in [-0.1, -0.05) is 12.1 Å². The van der Waals surface area contributed by atoms with Crippen LogP contribution in [0.1, 0.15) is 30.6 Å². The summed E-state index contributed by atoms with van der Waals surface area (Å²) in [6.45, 7) is 2.16. The fourth-order valence-corrected chi connectivity index (χ4v) is 4.19. The number of benzene rings is 1. The van der Waals surface area contributed by atoms with Crippen molar-refractivity contribution < 1.29 is 24.8 Å². The molecule has 0 aliphatic carbocycles. The van der Waals surface area contributed by atoms with Crippen molar-refractivity contribution in [3.63, 3.8) is 0 Å². The van der Waals surface area contributed by atoms with E-state index in [9.17, 15) is 15.3 Å². The highest BCUT2D eigenvalue weighted by molar-refractivity contribution is 5.83. The Kier molecular flexibility index (Phi) is 6.84. The lowest BCUT2D eigenvalue weighted by molar-refractivity contribution is -0.0384. The number of fused-ring (bicyclic) bond motifs is 1. The molecule has 1 aliphatic heterocycles. The number of nitrogens with one attached hydrogen (secondary N) is 1. The molecule has 0 radical (unpaired) electrons. The van der Waals surface area contributed by atoms with Crippen LogP contribution in [0.5, 0.6) is 5.75 Å². The maximum Gasteiger partial charge on any atom is 0.227 e. The number of aryl methyl sites for hydroxylation is 1. The second-order valence-corrected chi connectivity index (χ2v) is 8.60. The Morgan fingerprint density at radius 2 is 1.97 bits per heavy atom. The molecule has 1 aliphatic rings. The van der Waals surface area contributed by atoms with Gasteiger partial charge < -0.3 is 35.8 Å². The summed E-state index contributed by atoms with van der Waals surface area (Å²) < 4.78 is 12.6. The predicted octanol–water partition coefficient (Wildman–Crippen LogP) is -0.569. The second-order valence-electron chi connectivity index (χ2n) is 8.60. The van der Waals surface area contributed by atoms with Gasteiger partial charge in [-0.15, -0.1) is 10.2 Å². The first-order valence-corrected chi connectivity index (χ1v) is 11.7. The molecule has 1 aromatic carbocycles. The van der Waals surface area contributed by atoms with Crippen LogP contribution in [-0.4, -0.2) is 87.0 Å². The fraction of sp³-hybridized carbons (Fsp3) is 0.455. The summed E-state index contributed by atoms with van der Waals surface area (Å²) >= 11 is 0. The van der Waals surface area contributed by atoms with Gasteiger partial charge in [0.15, 0.2) is 23.8 Å². The average Bonchev–Trinajstić information content (AvgIpc) is 3.62. The van der Waals surface area contributed by atoms with Crippen LogP contribution in [0.15, 0.2) is 30.6 Å². The predicted molar refractivity (Wildman–Crippen MR) is 129 cm³/mol. The molecule has 1 saturated heterocycles. The Balaban J connectivity index is 1.39. The highest BCUT2D eigenvalue weighted by Gasteiger charge is 2.47. The number of methoxy groups -OCH3 is 1. The third-order valence-electron chi connectivity index (χ3n) is 6.16. The highest BCUT2D eigenvalue weighted by Crippen LogP contribution is 2.38. The summed E-state index contributed by atoms with van der Waals surface area (Å²) in [4.78, 5) is 14.4. The Hall–Kier alpha value is -3.92. The van der Waals surface area contributed by atoms with Crippen molar-refractivity contribution in [1.29, 1.82) is 0 Å².